The number of para-hydroxylation sites is 1. The molecule has 1 fully saturated rings. The van der Waals surface area contributed by atoms with Crippen LogP contribution in [0.5, 0.6) is 0 Å². The number of carbonyl (C=O) groups excluding carboxylic acids is 1. The second-order valence-electron chi connectivity index (χ2n) is 6.03. The number of hydrogen-bond donors (Lipinski definition) is 3. The van der Waals surface area contributed by atoms with Crippen LogP contribution in [-0.2, 0) is 4.79 Å². The summed E-state index contributed by atoms with van der Waals surface area (Å²) in [4.78, 5) is 23.6. The largest absolute Gasteiger partial charge is 0.481 e. The summed E-state index contributed by atoms with van der Waals surface area (Å²) in [5, 5.41) is 15.0. The molecule has 2 rings (SSSR count). The van der Waals surface area contributed by atoms with Gasteiger partial charge in [-0.2, -0.15) is 0 Å². The molecule has 5 nitrogen and oxygen atoms in total. The number of amides is 2. The first kappa shape index (κ1) is 15.4. The smallest absolute Gasteiger partial charge is 0.319 e. The van der Waals surface area contributed by atoms with Crippen molar-refractivity contribution >= 4 is 17.7 Å². The molecule has 2 unspecified atom stereocenters. The molecule has 1 aliphatic rings. The lowest BCUT2D eigenvalue weighted by molar-refractivity contribution is -0.148. The van der Waals surface area contributed by atoms with Gasteiger partial charge in [0, 0.05) is 11.7 Å². The molecule has 21 heavy (non-hydrogen) atoms. The molecule has 2 amide bonds. The minimum Gasteiger partial charge on any atom is -0.481 e. The van der Waals surface area contributed by atoms with Crippen LogP contribution in [0.15, 0.2) is 18.2 Å². The summed E-state index contributed by atoms with van der Waals surface area (Å²) in [6.07, 6.45) is 2.11. The summed E-state index contributed by atoms with van der Waals surface area (Å²) >= 11 is 0. The number of carboxylic acids is 1. The average molecular weight is 290 g/mol. The highest BCUT2D eigenvalue weighted by atomic mass is 16.4. The Morgan fingerprint density at radius 3 is 2.48 bits per heavy atom. The Hall–Kier alpha value is -2.04. The van der Waals surface area contributed by atoms with Crippen LogP contribution >= 0.6 is 0 Å². The minimum absolute atomic E-state index is 0.334. The number of anilines is 1. The van der Waals surface area contributed by atoms with E-state index in [0.717, 1.165) is 23.2 Å². The molecule has 0 bridgehead atoms. The quantitative estimate of drug-likeness (QED) is 0.800. The van der Waals surface area contributed by atoms with Crippen LogP contribution in [0.25, 0.3) is 0 Å². The highest BCUT2D eigenvalue weighted by molar-refractivity contribution is 5.91. The summed E-state index contributed by atoms with van der Waals surface area (Å²) in [5.41, 5.74) is 1.87. The Labute approximate surface area is 124 Å². The zero-order valence-corrected chi connectivity index (χ0v) is 12.7. The van der Waals surface area contributed by atoms with Gasteiger partial charge in [0.2, 0.25) is 0 Å². The number of aryl methyl sites for hydroxylation is 2. The number of hydrogen-bond acceptors (Lipinski definition) is 2. The second-order valence-corrected chi connectivity index (χ2v) is 6.03. The molecule has 114 valence electrons. The molecule has 1 aliphatic carbocycles. The third-order valence-corrected chi connectivity index (χ3v) is 4.47. The number of carboxylic acid groups (broad SMARTS) is 1. The van der Waals surface area contributed by atoms with E-state index in [0.29, 0.717) is 12.8 Å². The van der Waals surface area contributed by atoms with Gasteiger partial charge in [-0.15, -0.1) is 0 Å². The third-order valence-electron chi connectivity index (χ3n) is 4.47. The van der Waals surface area contributed by atoms with Gasteiger partial charge in [-0.05, 0) is 44.7 Å². The Balaban J connectivity index is 2.07. The fraction of sp³-hybridized carbons (Fsp3) is 0.500. The SMILES string of the molecule is Cc1cccc(C)c1NC(=O)NC1CCCC1(C)C(=O)O. The number of urea groups is 1. The lowest BCUT2D eigenvalue weighted by Gasteiger charge is -2.28. The zero-order chi connectivity index (χ0) is 15.6. The molecular weight excluding hydrogens is 268 g/mol. The van der Waals surface area contributed by atoms with E-state index in [1.54, 1.807) is 6.92 Å². The minimum atomic E-state index is -0.877. The Kier molecular flexibility index (Phi) is 4.21. The lowest BCUT2D eigenvalue weighted by atomic mass is 9.85. The van der Waals surface area contributed by atoms with Crippen LogP contribution in [0.1, 0.15) is 37.3 Å². The Bertz CT molecular complexity index is 550. The zero-order valence-electron chi connectivity index (χ0n) is 12.7. The van der Waals surface area contributed by atoms with E-state index in [2.05, 4.69) is 10.6 Å². The molecule has 0 aromatic heterocycles. The van der Waals surface area contributed by atoms with Crippen molar-refractivity contribution in [3.8, 4) is 0 Å². The highest BCUT2D eigenvalue weighted by Crippen LogP contribution is 2.38. The molecule has 3 N–H and O–H groups in total. The first-order valence-electron chi connectivity index (χ1n) is 7.22. The summed E-state index contributed by atoms with van der Waals surface area (Å²) in [5.74, 6) is -0.850. The molecule has 1 saturated carbocycles. The van der Waals surface area contributed by atoms with Crippen LogP contribution in [0.4, 0.5) is 10.5 Å². The van der Waals surface area contributed by atoms with Crippen LogP contribution in [-0.4, -0.2) is 23.1 Å². The van der Waals surface area contributed by atoms with E-state index in [1.165, 1.54) is 0 Å². The van der Waals surface area contributed by atoms with Crippen molar-refractivity contribution in [2.24, 2.45) is 5.41 Å². The van der Waals surface area contributed by atoms with Gasteiger partial charge in [0.1, 0.15) is 0 Å². The number of rotatable bonds is 3. The average Bonchev–Trinajstić information content (AvgIpc) is 2.77. The summed E-state index contributed by atoms with van der Waals surface area (Å²) in [7, 11) is 0. The van der Waals surface area contributed by atoms with Crippen molar-refractivity contribution in [1.29, 1.82) is 0 Å². The van der Waals surface area contributed by atoms with Crippen LogP contribution in [0.2, 0.25) is 0 Å². The highest BCUT2D eigenvalue weighted by Gasteiger charge is 2.45. The summed E-state index contributed by atoms with van der Waals surface area (Å²) in [6.45, 7) is 5.56. The predicted octanol–water partition coefficient (Wildman–Crippen LogP) is 3.07. The van der Waals surface area contributed by atoms with Crippen molar-refractivity contribution in [2.45, 2.75) is 46.1 Å². The maximum atomic E-state index is 12.2. The monoisotopic (exact) mass is 290 g/mol. The van der Waals surface area contributed by atoms with Crippen LogP contribution < -0.4 is 10.6 Å². The fourth-order valence-corrected chi connectivity index (χ4v) is 2.97. The van der Waals surface area contributed by atoms with Crippen molar-refractivity contribution in [3.05, 3.63) is 29.3 Å². The number of aliphatic carboxylic acids is 1. The Morgan fingerprint density at radius 1 is 1.29 bits per heavy atom. The van der Waals surface area contributed by atoms with E-state index in [1.807, 2.05) is 32.0 Å². The van der Waals surface area contributed by atoms with E-state index in [4.69, 9.17) is 0 Å². The summed E-state index contributed by atoms with van der Waals surface area (Å²) in [6, 6.07) is 5.12. The van der Waals surface area contributed by atoms with E-state index in [9.17, 15) is 14.7 Å². The molecular formula is C16H22N2O3. The molecule has 1 aromatic rings. The van der Waals surface area contributed by atoms with E-state index in [-0.39, 0.29) is 12.1 Å². The van der Waals surface area contributed by atoms with Crippen LogP contribution in [0, 0.1) is 19.3 Å². The summed E-state index contributed by atoms with van der Waals surface area (Å²) < 4.78 is 0. The van der Waals surface area contributed by atoms with Gasteiger partial charge in [0.25, 0.3) is 0 Å². The molecule has 5 heteroatoms. The normalized spacial score (nSPS) is 24.6. The topological polar surface area (TPSA) is 78.4 Å². The fourth-order valence-electron chi connectivity index (χ4n) is 2.97. The van der Waals surface area contributed by atoms with Gasteiger partial charge >= 0.3 is 12.0 Å². The number of nitrogens with one attached hydrogen (secondary N) is 2. The van der Waals surface area contributed by atoms with Crippen molar-refractivity contribution in [2.75, 3.05) is 5.32 Å². The van der Waals surface area contributed by atoms with Crippen LogP contribution in [0.3, 0.4) is 0 Å². The molecule has 0 heterocycles. The van der Waals surface area contributed by atoms with Gasteiger partial charge < -0.3 is 15.7 Å². The standard InChI is InChI=1S/C16H22N2O3/c1-10-6-4-7-11(2)13(10)18-15(21)17-12-8-5-9-16(12,3)14(19)20/h4,6-7,12H,5,8-9H2,1-3H3,(H,19,20)(H2,17,18,21). The first-order chi connectivity index (χ1) is 9.84. The number of benzene rings is 1. The molecule has 0 radical (unpaired) electrons. The van der Waals surface area contributed by atoms with Gasteiger partial charge in [-0.1, -0.05) is 24.6 Å². The maximum Gasteiger partial charge on any atom is 0.319 e. The van der Waals surface area contributed by atoms with Gasteiger partial charge in [0.15, 0.2) is 0 Å². The molecule has 0 aliphatic heterocycles. The predicted molar refractivity (Wildman–Crippen MR) is 81.5 cm³/mol. The van der Waals surface area contributed by atoms with Gasteiger partial charge in [0.05, 0.1) is 5.41 Å². The van der Waals surface area contributed by atoms with Crippen molar-refractivity contribution in [3.63, 3.8) is 0 Å². The van der Waals surface area contributed by atoms with Gasteiger partial charge in [-0.25, -0.2) is 4.79 Å². The van der Waals surface area contributed by atoms with Gasteiger partial charge in [-0.3, -0.25) is 4.79 Å². The molecule has 0 spiro atoms. The molecule has 2 atom stereocenters. The lowest BCUT2D eigenvalue weighted by Crippen LogP contribution is -2.48. The van der Waals surface area contributed by atoms with E-state index < -0.39 is 11.4 Å². The van der Waals surface area contributed by atoms with Crippen molar-refractivity contribution in [1.82, 2.24) is 5.32 Å². The first-order valence-corrected chi connectivity index (χ1v) is 7.22. The third kappa shape index (κ3) is 3.01. The molecule has 0 saturated heterocycles. The molecule has 1 aromatic carbocycles. The maximum absolute atomic E-state index is 12.2. The Morgan fingerprint density at radius 2 is 1.90 bits per heavy atom. The van der Waals surface area contributed by atoms with E-state index >= 15 is 0 Å². The van der Waals surface area contributed by atoms with Crippen molar-refractivity contribution < 1.29 is 14.7 Å². The number of carbonyl (C=O) groups is 2. The second kappa shape index (κ2) is 5.76.